The Morgan fingerprint density at radius 3 is 2.59 bits per heavy atom. The van der Waals surface area contributed by atoms with Crippen LogP contribution in [0.25, 0.3) is 0 Å². The Hall–Kier alpha value is -0.980. The molecule has 1 aliphatic rings. The van der Waals surface area contributed by atoms with Gasteiger partial charge in [0.05, 0.1) is 7.11 Å². The minimum atomic E-state index is -4.47. The zero-order valence-electron chi connectivity index (χ0n) is 9.93. The fourth-order valence-electron chi connectivity index (χ4n) is 2.28. The summed E-state index contributed by atoms with van der Waals surface area (Å²) in [5.41, 5.74) is -2.15. The van der Waals surface area contributed by atoms with E-state index in [0.29, 0.717) is 12.8 Å². The van der Waals surface area contributed by atoms with Gasteiger partial charge in [0.1, 0.15) is 0 Å². The molecule has 0 radical (unpaired) electrons. The van der Waals surface area contributed by atoms with Crippen molar-refractivity contribution in [3.63, 3.8) is 0 Å². The molecule has 17 heavy (non-hydrogen) atoms. The summed E-state index contributed by atoms with van der Waals surface area (Å²) < 4.78 is 44.2. The van der Waals surface area contributed by atoms with Crippen molar-refractivity contribution >= 4 is 6.09 Å². The van der Waals surface area contributed by atoms with Crippen LogP contribution in [0.3, 0.4) is 0 Å². The number of hydrogen-bond acceptors (Lipinski definition) is 3. The average molecular weight is 254 g/mol. The van der Waals surface area contributed by atoms with E-state index in [9.17, 15) is 18.0 Å². The maximum absolute atomic E-state index is 13.2. The summed E-state index contributed by atoms with van der Waals surface area (Å²) in [7, 11) is 2.54. The zero-order valence-corrected chi connectivity index (χ0v) is 9.93. The number of halogens is 3. The number of rotatable bonds is 2. The van der Waals surface area contributed by atoms with Crippen LogP contribution in [-0.4, -0.2) is 50.0 Å². The van der Waals surface area contributed by atoms with Gasteiger partial charge in [-0.25, -0.2) is 4.79 Å². The zero-order chi connectivity index (χ0) is 13.1. The number of amides is 1. The number of hydrogen-bond donors (Lipinski definition) is 1. The molecule has 1 fully saturated rings. The van der Waals surface area contributed by atoms with E-state index >= 15 is 0 Å². The molecule has 0 saturated carbocycles. The van der Waals surface area contributed by atoms with E-state index in [1.54, 1.807) is 0 Å². The second-order valence-corrected chi connectivity index (χ2v) is 4.14. The van der Waals surface area contributed by atoms with Crippen molar-refractivity contribution in [1.29, 1.82) is 0 Å². The van der Waals surface area contributed by atoms with Gasteiger partial charge in [0, 0.05) is 13.1 Å². The number of alkyl halides is 3. The first-order chi connectivity index (χ1) is 7.89. The SMILES string of the molecule is CNCC1(C(F)(F)F)CCCCN1C(=O)OC. The molecule has 1 rings (SSSR count). The molecule has 0 aliphatic carbocycles. The predicted molar refractivity (Wildman–Crippen MR) is 55.7 cm³/mol. The van der Waals surface area contributed by atoms with Gasteiger partial charge in [-0.2, -0.15) is 13.2 Å². The average Bonchev–Trinajstić information content (AvgIpc) is 2.27. The quantitative estimate of drug-likeness (QED) is 0.816. The lowest BCUT2D eigenvalue weighted by atomic mass is 9.86. The van der Waals surface area contributed by atoms with Crippen LogP contribution in [0.4, 0.5) is 18.0 Å². The van der Waals surface area contributed by atoms with Crippen molar-refractivity contribution in [2.45, 2.75) is 31.0 Å². The van der Waals surface area contributed by atoms with E-state index < -0.39 is 17.8 Å². The third-order valence-corrected chi connectivity index (χ3v) is 3.13. The van der Waals surface area contributed by atoms with Gasteiger partial charge in [0.25, 0.3) is 0 Å². The molecule has 4 nitrogen and oxygen atoms in total. The molecule has 1 heterocycles. The van der Waals surface area contributed by atoms with Crippen LogP contribution in [0.15, 0.2) is 0 Å². The molecule has 0 bridgehead atoms. The Kier molecular flexibility index (Phi) is 4.24. The lowest BCUT2D eigenvalue weighted by Gasteiger charge is -2.46. The Morgan fingerprint density at radius 1 is 1.47 bits per heavy atom. The number of nitrogens with zero attached hydrogens (tertiary/aromatic N) is 1. The van der Waals surface area contributed by atoms with Crippen molar-refractivity contribution in [2.75, 3.05) is 27.2 Å². The Bertz CT molecular complexity index is 279. The second-order valence-electron chi connectivity index (χ2n) is 4.14. The summed E-state index contributed by atoms with van der Waals surface area (Å²) in [6.07, 6.45) is -4.46. The third-order valence-electron chi connectivity index (χ3n) is 3.13. The fourth-order valence-corrected chi connectivity index (χ4v) is 2.28. The van der Waals surface area contributed by atoms with E-state index in [4.69, 9.17) is 0 Å². The molecule has 1 amide bonds. The highest BCUT2D eigenvalue weighted by Crippen LogP contribution is 2.42. The van der Waals surface area contributed by atoms with Crippen molar-refractivity contribution in [3.8, 4) is 0 Å². The number of nitrogens with one attached hydrogen (secondary N) is 1. The van der Waals surface area contributed by atoms with Crippen molar-refractivity contribution in [2.24, 2.45) is 0 Å². The second kappa shape index (κ2) is 5.12. The molecule has 1 saturated heterocycles. The molecule has 1 atom stereocenters. The highest BCUT2D eigenvalue weighted by molar-refractivity contribution is 5.69. The molecule has 1 N–H and O–H groups in total. The third kappa shape index (κ3) is 2.48. The molecular weight excluding hydrogens is 237 g/mol. The molecular formula is C10H17F3N2O2. The summed E-state index contributed by atoms with van der Waals surface area (Å²) in [6.45, 7) is -0.237. The standard InChI is InChI=1S/C10H17F3N2O2/c1-14-7-9(10(11,12)13)5-3-4-6-15(9)8(16)17-2/h14H,3-7H2,1-2H3. The number of carbonyl (C=O) groups excluding carboxylic acids is 1. The first-order valence-corrected chi connectivity index (χ1v) is 5.46. The lowest BCUT2D eigenvalue weighted by Crippen LogP contribution is -2.66. The van der Waals surface area contributed by atoms with Gasteiger partial charge in [0.15, 0.2) is 5.54 Å². The van der Waals surface area contributed by atoms with Crippen molar-refractivity contribution in [1.82, 2.24) is 10.2 Å². The molecule has 1 aliphatic heterocycles. The normalized spacial score (nSPS) is 25.8. The molecule has 7 heteroatoms. The molecule has 0 aromatic heterocycles. The Morgan fingerprint density at radius 2 is 2.12 bits per heavy atom. The molecule has 0 spiro atoms. The Labute approximate surface area is 98.1 Å². The van der Waals surface area contributed by atoms with Crippen LogP contribution in [0.1, 0.15) is 19.3 Å². The van der Waals surface area contributed by atoms with Crippen molar-refractivity contribution < 1.29 is 22.7 Å². The number of likely N-dealkylation sites (tertiary alicyclic amines) is 1. The van der Waals surface area contributed by atoms with Crippen LogP contribution >= 0.6 is 0 Å². The summed E-state index contributed by atoms with van der Waals surface area (Å²) in [4.78, 5) is 12.3. The summed E-state index contributed by atoms with van der Waals surface area (Å²) in [5.74, 6) is 0. The minimum Gasteiger partial charge on any atom is -0.453 e. The van der Waals surface area contributed by atoms with Gasteiger partial charge in [-0.1, -0.05) is 0 Å². The van der Waals surface area contributed by atoms with E-state index in [1.807, 2.05) is 0 Å². The first-order valence-electron chi connectivity index (χ1n) is 5.46. The van der Waals surface area contributed by atoms with Gasteiger partial charge in [-0.3, -0.25) is 4.90 Å². The van der Waals surface area contributed by atoms with Gasteiger partial charge in [0.2, 0.25) is 0 Å². The van der Waals surface area contributed by atoms with Gasteiger partial charge < -0.3 is 10.1 Å². The van der Waals surface area contributed by atoms with Crippen molar-refractivity contribution in [3.05, 3.63) is 0 Å². The summed E-state index contributed by atoms with van der Waals surface area (Å²) >= 11 is 0. The monoisotopic (exact) mass is 254 g/mol. The molecule has 0 aromatic carbocycles. The van der Waals surface area contributed by atoms with E-state index in [0.717, 1.165) is 12.0 Å². The lowest BCUT2D eigenvalue weighted by molar-refractivity contribution is -0.232. The van der Waals surface area contributed by atoms with Crippen LogP contribution in [-0.2, 0) is 4.74 Å². The number of methoxy groups -OCH3 is 1. The number of carbonyl (C=O) groups is 1. The highest BCUT2D eigenvalue weighted by Gasteiger charge is 2.60. The van der Waals surface area contributed by atoms with Crippen LogP contribution < -0.4 is 5.32 Å². The minimum absolute atomic E-state index is 0.0772. The topological polar surface area (TPSA) is 41.6 Å². The molecule has 100 valence electrons. The van der Waals surface area contributed by atoms with Gasteiger partial charge in [-0.05, 0) is 26.3 Å². The van der Waals surface area contributed by atoms with Crippen LogP contribution in [0, 0.1) is 0 Å². The summed E-state index contributed by atoms with van der Waals surface area (Å²) in [6, 6.07) is 0. The largest absolute Gasteiger partial charge is 0.453 e. The van der Waals surface area contributed by atoms with Gasteiger partial charge >= 0.3 is 12.3 Å². The number of likely N-dealkylation sites (N-methyl/N-ethyl adjacent to an activating group) is 1. The number of ether oxygens (including phenoxy) is 1. The van der Waals surface area contributed by atoms with Gasteiger partial charge in [-0.15, -0.1) is 0 Å². The Balaban J connectivity index is 3.09. The smallest absolute Gasteiger partial charge is 0.413 e. The summed E-state index contributed by atoms with van der Waals surface area (Å²) in [5, 5.41) is 2.52. The van der Waals surface area contributed by atoms with E-state index in [-0.39, 0.29) is 19.5 Å². The van der Waals surface area contributed by atoms with E-state index in [1.165, 1.54) is 7.05 Å². The van der Waals surface area contributed by atoms with Crippen LogP contribution in [0.2, 0.25) is 0 Å². The molecule has 1 unspecified atom stereocenters. The fraction of sp³-hybridized carbons (Fsp3) is 0.900. The van der Waals surface area contributed by atoms with Crippen LogP contribution in [0.5, 0.6) is 0 Å². The first kappa shape index (κ1) is 14.1. The molecule has 0 aromatic rings. The maximum atomic E-state index is 13.2. The van der Waals surface area contributed by atoms with E-state index in [2.05, 4.69) is 10.1 Å². The maximum Gasteiger partial charge on any atom is 0.413 e. The predicted octanol–water partition coefficient (Wildman–Crippen LogP) is 1.76. The highest BCUT2D eigenvalue weighted by atomic mass is 19.4. The number of piperidine rings is 1.